The first-order chi connectivity index (χ1) is 14.3. The van der Waals surface area contributed by atoms with E-state index in [2.05, 4.69) is 20.5 Å². The Bertz CT molecular complexity index is 940. The summed E-state index contributed by atoms with van der Waals surface area (Å²) in [6.45, 7) is 1.41. The van der Waals surface area contributed by atoms with Gasteiger partial charge in [0.05, 0.1) is 33.5 Å². The van der Waals surface area contributed by atoms with E-state index in [-0.39, 0.29) is 13.0 Å². The van der Waals surface area contributed by atoms with Crippen molar-refractivity contribution in [3.8, 4) is 0 Å². The second-order valence-electron chi connectivity index (χ2n) is 6.31. The van der Waals surface area contributed by atoms with Gasteiger partial charge in [0.15, 0.2) is 0 Å². The van der Waals surface area contributed by atoms with Crippen LogP contribution in [0.2, 0.25) is 0 Å². The third kappa shape index (κ3) is 7.50. The molecule has 0 spiro atoms. The quantitative estimate of drug-likeness (QED) is 0.424. The zero-order valence-electron chi connectivity index (χ0n) is 16.1. The maximum Gasteiger partial charge on any atom is 0.310 e. The summed E-state index contributed by atoms with van der Waals surface area (Å²) in [5.74, 6) is -1.97. The first-order valence-electron chi connectivity index (χ1n) is 8.88. The fraction of sp³-hybridized carbons (Fsp3) is 0.200. The minimum absolute atomic E-state index is 0.153. The third-order valence-corrected chi connectivity index (χ3v) is 4.33. The SMILES string of the molecule is CC(=S)Nc1cccc(C(=O)NCC(=O)NC(CC(=O)OP)c2ccc(F)cc2)c1. The average molecular weight is 449 g/mol. The fourth-order valence-corrected chi connectivity index (χ4v) is 2.83. The van der Waals surface area contributed by atoms with Gasteiger partial charge in [-0.2, -0.15) is 0 Å². The smallest absolute Gasteiger partial charge is 0.310 e. The molecule has 2 rings (SSSR count). The summed E-state index contributed by atoms with van der Waals surface area (Å²) in [6.07, 6.45) is -0.153. The molecular formula is C20H21FN3O4PS. The summed E-state index contributed by atoms with van der Waals surface area (Å²) in [4.78, 5) is 36.9. The van der Waals surface area contributed by atoms with E-state index in [4.69, 9.17) is 12.2 Å². The van der Waals surface area contributed by atoms with E-state index in [1.54, 1.807) is 31.2 Å². The zero-order valence-corrected chi connectivity index (χ0v) is 18.1. The zero-order chi connectivity index (χ0) is 22.1. The van der Waals surface area contributed by atoms with E-state index >= 15 is 0 Å². The number of halogens is 1. The fourth-order valence-electron chi connectivity index (χ4n) is 2.61. The Labute approximate surface area is 181 Å². The average Bonchev–Trinajstić information content (AvgIpc) is 2.71. The topological polar surface area (TPSA) is 96.5 Å². The van der Waals surface area contributed by atoms with Crippen LogP contribution in [0.5, 0.6) is 0 Å². The maximum absolute atomic E-state index is 13.2. The lowest BCUT2D eigenvalue weighted by atomic mass is 10.0. The van der Waals surface area contributed by atoms with Crippen molar-refractivity contribution in [2.45, 2.75) is 19.4 Å². The summed E-state index contributed by atoms with van der Waals surface area (Å²) in [6, 6.07) is 11.3. The molecule has 30 heavy (non-hydrogen) atoms. The van der Waals surface area contributed by atoms with Gasteiger partial charge < -0.3 is 20.5 Å². The molecule has 2 aromatic carbocycles. The molecule has 7 nitrogen and oxygen atoms in total. The molecule has 2 atom stereocenters. The lowest BCUT2D eigenvalue weighted by molar-refractivity contribution is -0.134. The van der Waals surface area contributed by atoms with Crippen molar-refractivity contribution in [1.29, 1.82) is 0 Å². The summed E-state index contributed by atoms with van der Waals surface area (Å²) in [7, 11) is 1.84. The number of amides is 2. The normalized spacial score (nSPS) is 11.2. The molecule has 2 unspecified atom stereocenters. The molecule has 0 aromatic heterocycles. The van der Waals surface area contributed by atoms with Crippen molar-refractivity contribution < 1.29 is 23.3 Å². The van der Waals surface area contributed by atoms with Crippen molar-refractivity contribution in [3.05, 3.63) is 65.5 Å². The summed E-state index contributed by atoms with van der Waals surface area (Å²) >= 11 is 4.98. The minimum atomic E-state index is -0.735. The van der Waals surface area contributed by atoms with Crippen LogP contribution in [-0.2, 0) is 14.1 Å². The molecule has 0 heterocycles. The Morgan fingerprint density at radius 2 is 1.87 bits per heavy atom. The standard InChI is InChI=1S/C20H21FN3O4PS/c1-12(30)23-16-4-2-3-14(9-16)20(27)22-11-18(25)24-17(10-19(26)28-29)13-5-7-15(21)8-6-13/h2-9,17H,10-11,29H2,1H3,(H,22,27)(H,23,30)(H,24,25). The highest BCUT2D eigenvalue weighted by Crippen LogP contribution is 2.18. The number of carbonyl (C=O) groups excluding carboxylic acids is 3. The van der Waals surface area contributed by atoms with Crippen molar-refractivity contribution in [1.82, 2.24) is 10.6 Å². The van der Waals surface area contributed by atoms with Crippen LogP contribution >= 0.6 is 21.7 Å². The van der Waals surface area contributed by atoms with Gasteiger partial charge in [0.2, 0.25) is 5.91 Å². The van der Waals surface area contributed by atoms with Crippen molar-refractivity contribution >= 4 is 50.1 Å². The Hall–Kier alpha value is -2.90. The van der Waals surface area contributed by atoms with E-state index in [9.17, 15) is 18.8 Å². The molecular weight excluding hydrogens is 428 g/mol. The number of rotatable bonds is 8. The van der Waals surface area contributed by atoms with Crippen LogP contribution in [0.15, 0.2) is 48.5 Å². The number of hydrogen-bond acceptors (Lipinski definition) is 5. The van der Waals surface area contributed by atoms with Gasteiger partial charge >= 0.3 is 5.97 Å². The first-order valence-corrected chi connectivity index (χ1v) is 9.76. The number of thiocarbonyl (C=S) groups is 1. The Morgan fingerprint density at radius 3 is 2.50 bits per heavy atom. The molecule has 0 aliphatic heterocycles. The van der Waals surface area contributed by atoms with Crippen molar-refractivity contribution in [3.63, 3.8) is 0 Å². The van der Waals surface area contributed by atoms with Crippen LogP contribution in [-0.4, -0.2) is 29.3 Å². The van der Waals surface area contributed by atoms with Crippen LogP contribution in [0.4, 0.5) is 10.1 Å². The third-order valence-electron chi connectivity index (χ3n) is 3.96. The molecule has 3 N–H and O–H groups in total. The lowest BCUT2D eigenvalue weighted by Crippen LogP contribution is -2.39. The molecule has 0 saturated carbocycles. The van der Waals surface area contributed by atoms with E-state index < -0.39 is 29.6 Å². The molecule has 10 heteroatoms. The Balaban J connectivity index is 1.99. The van der Waals surface area contributed by atoms with Crippen molar-refractivity contribution in [2.24, 2.45) is 0 Å². The molecule has 0 radical (unpaired) electrons. The Morgan fingerprint density at radius 1 is 1.17 bits per heavy atom. The van der Waals surface area contributed by atoms with Crippen LogP contribution in [0.25, 0.3) is 0 Å². The van der Waals surface area contributed by atoms with Gasteiger partial charge in [-0.25, -0.2) is 4.39 Å². The molecule has 0 aliphatic rings. The maximum atomic E-state index is 13.2. The summed E-state index contributed by atoms with van der Waals surface area (Å²) < 4.78 is 17.7. The van der Waals surface area contributed by atoms with Crippen LogP contribution in [0.1, 0.15) is 35.3 Å². The first kappa shape index (κ1) is 23.4. The Kier molecular flexibility index (Phi) is 8.83. The van der Waals surface area contributed by atoms with Gasteiger partial charge in [0.1, 0.15) is 5.82 Å². The molecule has 2 amide bonds. The van der Waals surface area contributed by atoms with E-state index in [0.717, 1.165) is 0 Å². The number of nitrogens with one attached hydrogen (secondary N) is 3. The molecule has 0 aliphatic carbocycles. The van der Waals surface area contributed by atoms with Gasteiger partial charge in [0.25, 0.3) is 5.91 Å². The van der Waals surface area contributed by atoms with Gasteiger partial charge in [-0.1, -0.05) is 30.4 Å². The van der Waals surface area contributed by atoms with Gasteiger partial charge in [-0.15, -0.1) is 0 Å². The minimum Gasteiger partial charge on any atom is -0.451 e. The van der Waals surface area contributed by atoms with Crippen molar-refractivity contribution in [2.75, 3.05) is 11.9 Å². The molecule has 0 saturated heterocycles. The highest BCUT2D eigenvalue weighted by atomic mass is 32.1. The van der Waals surface area contributed by atoms with Crippen LogP contribution in [0.3, 0.4) is 0 Å². The number of carbonyl (C=O) groups is 3. The molecule has 0 bridgehead atoms. The van der Waals surface area contributed by atoms with Gasteiger partial charge in [-0.05, 0) is 42.8 Å². The van der Waals surface area contributed by atoms with E-state index in [1.807, 2.05) is 9.47 Å². The largest absolute Gasteiger partial charge is 0.451 e. The van der Waals surface area contributed by atoms with Crippen LogP contribution < -0.4 is 16.0 Å². The highest BCUT2D eigenvalue weighted by molar-refractivity contribution is 7.80. The van der Waals surface area contributed by atoms with Crippen LogP contribution in [0, 0.1) is 5.82 Å². The predicted molar refractivity (Wildman–Crippen MR) is 118 cm³/mol. The van der Waals surface area contributed by atoms with E-state index in [0.29, 0.717) is 21.8 Å². The van der Waals surface area contributed by atoms with Gasteiger partial charge in [-0.3, -0.25) is 14.4 Å². The van der Waals surface area contributed by atoms with E-state index in [1.165, 1.54) is 24.3 Å². The predicted octanol–water partition coefficient (Wildman–Crippen LogP) is 2.90. The number of hydrogen-bond donors (Lipinski definition) is 3. The van der Waals surface area contributed by atoms with Gasteiger partial charge in [0, 0.05) is 11.3 Å². The summed E-state index contributed by atoms with van der Waals surface area (Å²) in [5, 5.41) is 8.10. The molecule has 2 aromatic rings. The highest BCUT2D eigenvalue weighted by Gasteiger charge is 2.19. The summed E-state index contributed by atoms with van der Waals surface area (Å²) in [5.41, 5.74) is 1.54. The molecule has 0 fully saturated rings. The second-order valence-corrected chi connectivity index (χ2v) is 7.16. The second kappa shape index (κ2) is 11.3. The number of benzene rings is 2. The molecule has 158 valence electrons. The number of anilines is 1. The monoisotopic (exact) mass is 449 g/mol. The lowest BCUT2D eigenvalue weighted by Gasteiger charge is -2.18.